The molecular weight excluding hydrogens is 1720 g/mol. The normalized spacial score (nSPS) is 29.9. The van der Waals surface area contributed by atoms with Gasteiger partial charge in [-0.25, -0.2) is 9.18 Å². The number of rotatable bonds is 29. The highest BCUT2D eigenvalue weighted by Crippen LogP contribution is 2.71. The Balaban J connectivity index is 1.43. The summed E-state index contributed by atoms with van der Waals surface area (Å²) >= 11 is 0. The number of ether oxygens (including phenoxy) is 3. The molecule has 748 valence electrons. The molecule has 0 radical (unpaired) electrons. The molecule has 37 heteroatoms. The topological polar surface area (TPSA) is 461 Å². The molecule has 13 amide bonds. The minimum Gasteiger partial charge on any atom is -0.458 e. The summed E-state index contributed by atoms with van der Waals surface area (Å²) in [6, 6.07) is -13.8. The summed E-state index contributed by atoms with van der Waals surface area (Å²) < 4.78 is 34.5. The third-order valence-electron chi connectivity index (χ3n) is 27.7. The number of fused-ring (bicyclic) bond motifs is 5. The smallest absolute Gasteiger partial charge is 0.407 e. The summed E-state index contributed by atoms with van der Waals surface area (Å²) in [5.74, 6) is -18.7. The molecule has 0 bridgehead atoms. The average molecular weight is 1880 g/mol. The molecule has 5 rings (SSSR count). The molecule has 0 aromatic rings. The zero-order valence-electron chi connectivity index (χ0n) is 83.7. The first-order valence-corrected chi connectivity index (χ1v) is 46.9. The second-order valence-corrected chi connectivity index (χ2v) is 40.3. The molecular formula is C96H154FN13O23. The van der Waals surface area contributed by atoms with Crippen LogP contribution in [0.4, 0.5) is 9.18 Å². The van der Waals surface area contributed by atoms with E-state index in [1.807, 2.05) is 55.4 Å². The minimum atomic E-state index is -2.21. The third-order valence-corrected chi connectivity index (χ3v) is 27.7. The van der Waals surface area contributed by atoms with E-state index in [9.17, 15) is 77.3 Å². The number of hydrogen-bond acceptors (Lipinski definition) is 23. The third kappa shape index (κ3) is 27.0. The van der Waals surface area contributed by atoms with Crippen molar-refractivity contribution in [2.45, 2.75) is 306 Å². The Morgan fingerprint density at radius 3 is 1.68 bits per heavy atom. The van der Waals surface area contributed by atoms with E-state index in [-0.39, 0.29) is 87.2 Å². The zero-order chi connectivity index (χ0) is 101. The first kappa shape index (κ1) is 113. The molecule has 4 aliphatic carbocycles. The number of Topliss-reactive ketones (excluding diaryl/α,β-unsaturated/α-hetero) is 2. The molecule has 36 nitrogen and oxygen atoms in total. The van der Waals surface area contributed by atoms with Crippen molar-refractivity contribution in [2.75, 3.05) is 89.2 Å². The number of aliphatic hydroxyl groups is 2. The van der Waals surface area contributed by atoms with Gasteiger partial charge in [0.1, 0.15) is 97.6 Å². The number of nitrogens with zero attached hydrogens (tertiary/aromatic N) is 8. The fourth-order valence-electron chi connectivity index (χ4n) is 19.7. The molecule has 1 saturated heterocycles. The van der Waals surface area contributed by atoms with Crippen molar-refractivity contribution in [1.82, 2.24) is 65.8 Å². The molecule has 0 aromatic carbocycles. The number of likely N-dealkylation sites (N-methyl/N-ethyl adjacent to an activating group) is 8. The summed E-state index contributed by atoms with van der Waals surface area (Å²) in [5.41, 5.74) is -6.42. The number of halogens is 1. The monoisotopic (exact) mass is 1880 g/mol. The predicted octanol–water partition coefficient (Wildman–Crippen LogP) is 5.20. The highest BCUT2D eigenvalue weighted by Gasteiger charge is 2.76. The molecule has 5 aliphatic rings. The quantitative estimate of drug-likeness (QED) is 0.0287. The maximum absolute atomic E-state index is 17.7. The van der Waals surface area contributed by atoms with Crippen molar-refractivity contribution < 1.29 is 115 Å². The zero-order valence-corrected chi connectivity index (χ0v) is 83.7. The molecule has 3 saturated carbocycles. The van der Waals surface area contributed by atoms with Crippen LogP contribution in [0, 0.1) is 70.0 Å². The van der Waals surface area contributed by atoms with Gasteiger partial charge in [0.2, 0.25) is 76.7 Å². The van der Waals surface area contributed by atoms with Crippen LogP contribution in [0.1, 0.15) is 222 Å². The molecule has 133 heavy (non-hydrogen) atoms. The Labute approximate surface area is 784 Å². The number of carbonyl (C=O) groups is 18. The van der Waals surface area contributed by atoms with Crippen molar-refractivity contribution >= 4 is 106 Å². The maximum atomic E-state index is 17.7. The highest BCUT2D eigenvalue weighted by molar-refractivity contribution is 6.02. The minimum absolute atomic E-state index is 0.0188. The standard InChI is InChI=1S/C96H154FN13O23/c1-29-31-32-58(15)81(133-77(118)50-103(21)74(115)48-98-92(129)131-40-38-63(111)34-36-76(117)132-51-73(114)96(130)59(16)45-66-65-35-33-62-46-64(112)37-39-93(62,19)95(65,97)72(113)47-94(66,96)20)80-85(122)101-67(30-2)87(124)104(22)49-75(116)105(23)68(41-52(3)4)84(121)102-78(56(11)12)90(127)106(24)69(42-53(5)6)83(120)99-60(17)82(119)100-61(18)86(123)107(25)70(43-54(7)8)88(125)108(26)71(44-55(9)10)89(126)109(27)79(57(13)14)91(128)110(80)28/h29,31,37,39,46,52-61,65-72,78-81,113,130H,30,32-36,38,40-45,47-51H2,1-28H3,(H,98,129)(H,99,120)(H,100,119)(H,101,122)(H,102,121)/b31-29+/t58-,59-,60-,61-,65?,66?,67+,68+,69+,70+,71-,72+,78+,79-,80-,81-,93+,94+,95+,96+/m1/s1. The van der Waals surface area contributed by atoms with Crippen LogP contribution >= 0.6 is 0 Å². The number of hydrogen-bond donors (Lipinski definition) is 7. The van der Waals surface area contributed by atoms with Gasteiger partial charge < -0.3 is 90.2 Å². The van der Waals surface area contributed by atoms with Gasteiger partial charge in [-0.2, -0.15) is 0 Å². The van der Waals surface area contributed by atoms with Gasteiger partial charge in [-0.05, 0) is 157 Å². The number of amides is 13. The number of esters is 2. The van der Waals surface area contributed by atoms with Crippen LogP contribution in [0.25, 0.3) is 0 Å². The Kier molecular flexibility index (Phi) is 41.3. The average Bonchev–Trinajstić information content (AvgIpc) is 1.58. The van der Waals surface area contributed by atoms with Gasteiger partial charge in [-0.3, -0.25) is 81.5 Å². The first-order valence-electron chi connectivity index (χ1n) is 46.9. The summed E-state index contributed by atoms with van der Waals surface area (Å²) in [6.45, 7) is 30.1. The fourth-order valence-corrected chi connectivity index (χ4v) is 19.7. The van der Waals surface area contributed by atoms with Crippen LogP contribution in [0.15, 0.2) is 36.0 Å². The molecule has 7 N–H and O–H groups in total. The van der Waals surface area contributed by atoms with Gasteiger partial charge in [-0.1, -0.05) is 135 Å². The predicted molar refractivity (Wildman–Crippen MR) is 492 cm³/mol. The van der Waals surface area contributed by atoms with Gasteiger partial charge in [0.25, 0.3) is 0 Å². The van der Waals surface area contributed by atoms with Crippen molar-refractivity contribution in [1.29, 1.82) is 0 Å². The fraction of sp³-hybridized carbons (Fsp3) is 0.750. The van der Waals surface area contributed by atoms with E-state index < -0.39 is 283 Å². The number of alkyl halides is 1. The number of carbonyl (C=O) groups excluding carboxylic acids is 18. The Bertz CT molecular complexity index is 4340. The van der Waals surface area contributed by atoms with Crippen molar-refractivity contribution in [3.05, 3.63) is 36.0 Å². The Morgan fingerprint density at radius 1 is 0.609 bits per heavy atom. The van der Waals surface area contributed by atoms with E-state index in [0.717, 1.165) is 24.5 Å². The highest BCUT2D eigenvalue weighted by atomic mass is 19.1. The SMILES string of the molecule is C/C=C/C[C@@H](C)[C@@H](OC(=O)CN(C)C(=O)CNC(=O)OCCC(=O)CCC(=O)OCC(=O)[C@@]1(O)[C@H](C)CC2C3CCC4=CC(=O)C=C[C@]4(C)[C@@]3(F)[C@@H](O)C[C@@]21C)[C@@H]1C(=O)N[C@@H](CC)C(=O)N(C)CC(=O)N(C)[C@@H](CC(C)C)C(=O)N[C@@H](C(C)C)C(=O)N(C)[C@@H](CC(C)C)C(=O)N[C@H](C)C(=O)N[C@H](C)C(=O)N(C)[C@@H](CC(C)C)C(=O)N(C)[C@H](CC(C)C)C(=O)N(C)[C@H](C(C)C)C(=O)N1C. The van der Waals surface area contributed by atoms with E-state index >= 15 is 23.6 Å². The number of nitrogens with one attached hydrogen (secondary N) is 5. The van der Waals surface area contributed by atoms with E-state index in [2.05, 4.69) is 26.6 Å². The molecule has 0 aromatic heterocycles. The van der Waals surface area contributed by atoms with Crippen molar-refractivity contribution in [3.63, 3.8) is 0 Å². The molecule has 2 unspecified atom stereocenters. The van der Waals surface area contributed by atoms with Gasteiger partial charge in [0, 0.05) is 86.0 Å². The lowest BCUT2D eigenvalue weighted by Gasteiger charge is -2.62. The van der Waals surface area contributed by atoms with Gasteiger partial charge >= 0.3 is 18.0 Å². The lowest BCUT2D eigenvalue weighted by Crippen LogP contribution is -2.69. The largest absolute Gasteiger partial charge is 0.458 e. The number of alkyl carbamates (subject to hydrolysis) is 1. The molecule has 0 spiro atoms. The second-order valence-electron chi connectivity index (χ2n) is 40.3. The Hall–Kier alpha value is -10.1. The van der Waals surface area contributed by atoms with Crippen molar-refractivity contribution in [2.24, 2.45) is 70.0 Å². The van der Waals surface area contributed by atoms with Crippen LogP contribution in [-0.4, -0.2) is 329 Å². The lowest BCUT2D eigenvalue weighted by molar-refractivity contribution is -0.220. The second kappa shape index (κ2) is 48.4. The van der Waals surface area contributed by atoms with E-state index in [1.165, 1.54) is 103 Å². The van der Waals surface area contributed by atoms with E-state index in [4.69, 9.17) is 14.2 Å². The number of allylic oxidation sites excluding steroid dienone is 6. The molecule has 1 heterocycles. The number of ketones is 3. The maximum Gasteiger partial charge on any atom is 0.407 e. The number of aliphatic hydroxyl groups excluding tert-OH is 1. The van der Waals surface area contributed by atoms with E-state index in [1.54, 1.807) is 81.4 Å². The molecule has 1 aliphatic heterocycles. The van der Waals surface area contributed by atoms with Gasteiger partial charge in [0.15, 0.2) is 18.1 Å². The van der Waals surface area contributed by atoms with Crippen molar-refractivity contribution in [3.8, 4) is 0 Å². The lowest BCUT2D eigenvalue weighted by atomic mass is 9.44. The van der Waals surface area contributed by atoms with Crippen LogP contribution in [0.2, 0.25) is 0 Å². The summed E-state index contributed by atoms with van der Waals surface area (Å²) in [5, 5.41) is 37.3. The van der Waals surface area contributed by atoms with E-state index in [0.29, 0.717) is 12.0 Å². The first-order chi connectivity index (χ1) is 61.7. The summed E-state index contributed by atoms with van der Waals surface area (Å²) in [6.07, 6.45) is 2.51. The van der Waals surface area contributed by atoms with Crippen LogP contribution in [-0.2, 0) is 95.7 Å². The Morgan fingerprint density at radius 2 is 1.14 bits per heavy atom. The van der Waals surface area contributed by atoms with Crippen LogP contribution in [0.3, 0.4) is 0 Å². The summed E-state index contributed by atoms with van der Waals surface area (Å²) in [4.78, 5) is 268. The van der Waals surface area contributed by atoms with Gasteiger partial charge in [-0.15, -0.1) is 0 Å². The van der Waals surface area contributed by atoms with Crippen LogP contribution in [0.5, 0.6) is 0 Å². The van der Waals surface area contributed by atoms with Gasteiger partial charge in [0.05, 0.1) is 19.1 Å². The molecule has 4 fully saturated rings. The molecule has 20 atom stereocenters. The summed E-state index contributed by atoms with van der Waals surface area (Å²) in [7, 11) is 10.6. The van der Waals surface area contributed by atoms with Crippen LogP contribution < -0.4 is 26.6 Å².